The molecule has 0 atom stereocenters. The molecular weight excluding hydrogens is 373 g/mol. The van der Waals surface area contributed by atoms with E-state index in [-0.39, 0.29) is 5.56 Å². The van der Waals surface area contributed by atoms with Gasteiger partial charge in [0.1, 0.15) is 10.8 Å². The van der Waals surface area contributed by atoms with Crippen molar-refractivity contribution in [1.82, 2.24) is 10.2 Å². The van der Waals surface area contributed by atoms with E-state index in [1.54, 1.807) is 18.2 Å². The number of anilines is 1. The number of unbranched alkanes of at least 4 members (excludes halogenated alkanes) is 1. The second kappa shape index (κ2) is 8.89. The third kappa shape index (κ3) is 4.17. The van der Waals surface area contributed by atoms with E-state index >= 15 is 0 Å². The molecule has 0 spiro atoms. The summed E-state index contributed by atoms with van der Waals surface area (Å²) < 4.78 is 14.1. The lowest BCUT2D eigenvalue weighted by Crippen LogP contribution is -2.32. The molecule has 0 aliphatic rings. The average Bonchev–Trinajstić information content (AvgIpc) is 3.17. The van der Waals surface area contributed by atoms with E-state index in [4.69, 9.17) is 0 Å². The third-order valence-corrected chi connectivity index (χ3v) is 5.43. The van der Waals surface area contributed by atoms with Gasteiger partial charge < -0.3 is 0 Å². The normalized spacial score (nSPS) is 10.7. The zero-order chi connectivity index (χ0) is 20.1. The van der Waals surface area contributed by atoms with Crippen LogP contribution in [-0.2, 0) is 0 Å². The Labute approximate surface area is 168 Å². The van der Waals surface area contributed by atoms with Crippen molar-refractivity contribution in [2.75, 3.05) is 11.4 Å². The molecule has 0 fully saturated rings. The smallest absolute Gasteiger partial charge is 0.263 e. The Balaban J connectivity index is 1.95. The summed E-state index contributed by atoms with van der Waals surface area (Å²) in [6.45, 7) is 8.30. The molecule has 1 heterocycles. The van der Waals surface area contributed by atoms with Crippen molar-refractivity contribution >= 4 is 28.5 Å². The predicted octanol–water partition coefficient (Wildman–Crippen LogP) is 5.74. The molecule has 4 nitrogen and oxygen atoms in total. The maximum Gasteiger partial charge on any atom is 0.263 e. The van der Waals surface area contributed by atoms with Crippen LogP contribution >= 0.6 is 11.3 Å². The van der Waals surface area contributed by atoms with E-state index in [1.807, 2.05) is 32.0 Å². The standard InChI is InChI=1S/C22H22FN3OS/c1-4-6-13-26(21(27)18-9-7-8-10-19(18)23)22-25-24-20(28-22)17-12-11-16(5-2)14-15(17)3/h5,7-12,14H,2,4,6,13H2,1,3H3. The Hall–Kier alpha value is -2.86. The van der Waals surface area contributed by atoms with Crippen molar-refractivity contribution in [2.45, 2.75) is 26.7 Å². The lowest BCUT2D eigenvalue weighted by Gasteiger charge is -2.19. The van der Waals surface area contributed by atoms with Crippen LogP contribution in [0.2, 0.25) is 0 Å². The van der Waals surface area contributed by atoms with Gasteiger partial charge in [-0.3, -0.25) is 9.69 Å². The monoisotopic (exact) mass is 395 g/mol. The number of aromatic nitrogens is 2. The molecule has 1 aromatic heterocycles. The topological polar surface area (TPSA) is 46.1 Å². The van der Waals surface area contributed by atoms with Crippen LogP contribution in [0.1, 0.15) is 41.3 Å². The molecule has 0 unspecified atom stereocenters. The van der Waals surface area contributed by atoms with E-state index in [0.717, 1.165) is 34.5 Å². The summed E-state index contributed by atoms with van der Waals surface area (Å²) in [6, 6.07) is 12.0. The highest BCUT2D eigenvalue weighted by molar-refractivity contribution is 7.18. The highest BCUT2D eigenvalue weighted by atomic mass is 32.1. The maximum absolute atomic E-state index is 14.1. The highest BCUT2D eigenvalue weighted by Crippen LogP contribution is 2.32. The molecule has 0 radical (unpaired) electrons. The van der Waals surface area contributed by atoms with Crippen LogP contribution in [-0.4, -0.2) is 22.6 Å². The van der Waals surface area contributed by atoms with Gasteiger partial charge in [0.25, 0.3) is 5.91 Å². The van der Waals surface area contributed by atoms with Gasteiger partial charge in [0.05, 0.1) is 5.56 Å². The molecule has 3 aromatic rings. The number of nitrogens with zero attached hydrogens (tertiary/aromatic N) is 3. The second-order valence-electron chi connectivity index (χ2n) is 6.46. The van der Waals surface area contributed by atoms with Crippen molar-refractivity contribution in [3.8, 4) is 10.6 Å². The predicted molar refractivity (Wildman–Crippen MR) is 113 cm³/mol. The van der Waals surface area contributed by atoms with E-state index in [1.165, 1.54) is 28.4 Å². The summed E-state index contributed by atoms with van der Waals surface area (Å²) in [7, 11) is 0. The van der Waals surface area contributed by atoms with Crippen LogP contribution in [0.15, 0.2) is 49.0 Å². The summed E-state index contributed by atoms with van der Waals surface area (Å²) in [5, 5.41) is 9.73. The number of amides is 1. The van der Waals surface area contributed by atoms with Gasteiger partial charge in [-0.25, -0.2) is 4.39 Å². The van der Waals surface area contributed by atoms with Gasteiger partial charge in [0.15, 0.2) is 0 Å². The Morgan fingerprint density at radius 1 is 1.25 bits per heavy atom. The van der Waals surface area contributed by atoms with Crippen molar-refractivity contribution in [2.24, 2.45) is 0 Å². The fourth-order valence-electron chi connectivity index (χ4n) is 2.87. The van der Waals surface area contributed by atoms with Gasteiger partial charge in [-0.05, 0) is 36.6 Å². The molecule has 1 amide bonds. The maximum atomic E-state index is 14.1. The first-order valence-corrected chi connectivity index (χ1v) is 10.00. The lowest BCUT2D eigenvalue weighted by molar-refractivity contribution is 0.0982. The average molecular weight is 396 g/mol. The van der Waals surface area contributed by atoms with Crippen LogP contribution in [0.4, 0.5) is 9.52 Å². The number of carbonyl (C=O) groups is 1. The van der Waals surface area contributed by atoms with Crippen LogP contribution in [0, 0.1) is 12.7 Å². The molecule has 0 bridgehead atoms. The number of benzene rings is 2. The molecule has 0 saturated carbocycles. The van der Waals surface area contributed by atoms with E-state index in [0.29, 0.717) is 11.7 Å². The Morgan fingerprint density at radius 3 is 2.71 bits per heavy atom. The molecular formula is C22H22FN3OS. The molecule has 2 aromatic carbocycles. The molecule has 0 N–H and O–H groups in total. The fraction of sp³-hybridized carbons (Fsp3) is 0.227. The first-order chi connectivity index (χ1) is 13.5. The largest absolute Gasteiger partial charge is 0.282 e. The minimum absolute atomic E-state index is 0.0434. The van der Waals surface area contributed by atoms with Gasteiger partial charge in [-0.1, -0.05) is 67.7 Å². The van der Waals surface area contributed by atoms with Gasteiger partial charge in [0.2, 0.25) is 5.13 Å². The first-order valence-electron chi connectivity index (χ1n) is 9.18. The first kappa shape index (κ1) is 19.9. The summed E-state index contributed by atoms with van der Waals surface area (Å²) in [5.74, 6) is -0.928. The second-order valence-corrected chi connectivity index (χ2v) is 7.41. The number of hydrogen-bond donors (Lipinski definition) is 0. The zero-order valence-electron chi connectivity index (χ0n) is 16.0. The summed E-state index contributed by atoms with van der Waals surface area (Å²) in [4.78, 5) is 14.5. The minimum Gasteiger partial charge on any atom is -0.282 e. The Kier molecular flexibility index (Phi) is 6.31. The van der Waals surface area contributed by atoms with Crippen molar-refractivity contribution in [3.05, 3.63) is 71.6 Å². The van der Waals surface area contributed by atoms with Gasteiger partial charge in [-0.15, -0.1) is 10.2 Å². The van der Waals surface area contributed by atoms with Crippen LogP contribution in [0.5, 0.6) is 0 Å². The number of halogens is 1. The van der Waals surface area contributed by atoms with Crippen molar-refractivity contribution in [3.63, 3.8) is 0 Å². The third-order valence-electron chi connectivity index (χ3n) is 4.45. The Morgan fingerprint density at radius 2 is 2.04 bits per heavy atom. The summed E-state index contributed by atoms with van der Waals surface area (Å²) in [6.07, 6.45) is 3.50. The van der Waals surface area contributed by atoms with Gasteiger partial charge in [-0.2, -0.15) is 0 Å². The van der Waals surface area contributed by atoms with E-state index < -0.39 is 11.7 Å². The fourth-order valence-corrected chi connectivity index (χ4v) is 3.83. The minimum atomic E-state index is -0.533. The number of carbonyl (C=O) groups excluding carboxylic acids is 1. The van der Waals surface area contributed by atoms with Crippen LogP contribution in [0.3, 0.4) is 0 Å². The molecule has 0 aliphatic carbocycles. The van der Waals surface area contributed by atoms with Crippen LogP contribution in [0.25, 0.3) is 16.6 Å². The molecule has 0 saturated heterocycles. The highest BCUT2D eigenvalue weighted by Gasteiger charge is 2.24. The molecule has 6 heteroatoms. The zero-order valence-corrected chi connectivity index (χ0v) is 16.8. The number of aryl methyl sites for hydroxylation is 1. The van der Waals surface area contributed by atoms with E-state index in [2.05, 4.69) is 16.8 Å². The number of rotatable bonds is 7. The SMILES string of the molecule is C=Cc1ccc(-c2nnc(N(CCCC)C(=O)c3ccccc3F)s2)c(C)c1. The lowest BCUT2D eigenvalue weighted by atomic mass is 10.1. The van der Waals surface area contributed by atoms with Gasteiger partial charge >= 0.3 is 0 Å². The molecule has 144 valence electrons. The van der Waals surface area contributed by atoms with Crippen molar-refractivity contribution < 1.29 is 9.18 Å². The molecule has 3 rings (SSSR count). The quantitative estimate of drug-likeness (QED) is 0.512. The van der Waals surface area contributed by atoms with Crippen LogP contribution < -0.4 is 4.90 Å². The summed E-state index contributed by atoms with van der Waals surface area (Å²) >= 11 is 1.34. The Bertz CT molecular complexity index is 999. The van der Waals surface area contributed by atoms with Gasteiger partial charge in [0, 0.05) is 12.1 Å². The molecule has 28 heavy (non-hydrogen) atoms. The number of hydrogen-bond acceptors (Lipinski definition) is 4. The van der Waals surface area contributed by atoms with Crippen molar-refractivity contribution in [1.29, 1.82) is 0 Å². The summed E-state index contributed by atoms with van der Waals surface area (Å²) in [5.41, 5.74) is 3.09. The van der Waals surface area contributed by atoms with E-state index in [9.17, 15) is 9.18 Å². The molecule has 0 aliphatic heterocycles.